The van der Waals surface area contributed by atoms with Crippen LogP contribution in [0, 0.1) is 18.2 Å². The lowest BCUT2D eigenvalue weighted by molar-refractivity contribution is 0.106. The normalized spacial score (nSPS) is 20.1. The summed E-state index contributed by atoms with van der Waals surface area (Å²) < 4.78 is 28.9. The second kappa shape index (κ2) is 8.91. The van der Waals surface area contributed by atoms with Crippen LogP contribution >= 0.6 is 0 Å². The maximum Gasteiger partial charge on any atom is 0.270 e. The van der Waals surface area contributed by atoms with Gasteiger partial charge in [0.1, 0.15) is 0 Å². The van der Waals surface area contributed by atoms with Gasteiger partial charge in [-0.1, -0.05) is 19.6 Å². The Morgan fingerprint density at radius 1 is 1.18 bits per heavy atom. The van der Waals surface area contributed by atoms with Gasteiger partial charge in [0.15, 0.2) is 11.6 Å². The van der Waals surface area contributed by atoms with E-state index < -0.39 is 11.6 Å². The average molecular weight is 452 g/mol. The van der Waals surface area contributed by atoms with Crippen LogP contribution in [-0.2, 0) is 7.05 Å². The summed E-state index contributed by atoms with van der Waals surface area (Å²) in [5.74, 6) is -1.40. The van der Waals surface area contributed by atoms with Crippen LogP contribution in [0.5, 0.6) is 0 Å². The van der Waals surface area contributed by atoms with Gasteiger partial charge in [0.05, 0.1) is 11.2 Å². The molecule has 3 atom stereocenters. The molecule has 0 spiro atoms. The van der Waals surface area contributed by atoms with E-state index in [2.05, 4.69) is 33.5 Å². The van der Waals surface area contributed by atoms with E-state index in [1.807, 2.05) is 6.92 Å². The standard InChI is InChI=1S/C25H27F2N5O/c1-6-18-14-31(15(2)13-32(18)16(3)17-7-8-19(26)20(27)11-17)22-12-24(33)30(5)21-9-10-23(28-4)29-25(21)22/h7-12,15-16,18H,6,13-14H2,1-3,5H3/t15-,16?,18+/m0/s1. The highest BCUT2D eigenvalue weighted by atomic mass is 19.2. The Labute approximate surface area is 191 Å². The summed E-state index contributed by atoms with van der Waals surface area (Å²) in [4.78, 5) is 25.2. The molecule has 1 fully saturated rings. The third-order valence-electron chi connectivity index (χ3n) is 6.76. The zero-order valence-corrected chi connectivity index (χ0v) is 19.2. The van der Waals surface area contributed by atoms with Crippen LogP contribution in [0.1, 0.15) is 38.8 Å². The fourth-order valence-corrected chi connectivity index (χ4v) is 4.78. The Bertz CT molecular complexity index is 1300. The first-order valence-corrected chi connectivity index (χ1v) is 11.1. The van der Waals surface area contributed by atoms with Crippen molar-refractivity contribution in [1.29, 1.82) is 0 Å². The molecule has 0 aliphatic carbocycles. The maximum atomic E-state index is 13.9. The summed E-state index contributed by atoms with van der Waals surface area (Å²) in [6, 6.07) is 9.14. The van der Waals surface area contributed by atoms with Crippen LogP contribution in [0.2, 0.25) is 0 Å². The topological polar surface area (TPSA) is 45.7 Å². The minimum atomic E-state index is -0.847. The number of aryl methyl sites for hydroxylation is 1. The number of hydrogen-bond donors (Lipinski definition) is 0. The molecule has 3 aromatic rings. The number of piperazine rings is 1. The number of pyridine rings is 2. The highest BCUT2D eigenvalue weighted by Crippen LogP contribution is 2.34. The molecule has 2 aromatic heterocycles. The summed E-state index contributed by atoms with van der Waals surface area (Å²) in [6.45, 7) is 14.9. The van der Waals surface area contributed by atoms with Gasteiger partial charge >= 0.3 is 0 Å². The molecular formula is C25H27F2N5O. The second-order valence-corrected chi connectivity index (χ2v) is 8.69. The smallest absolute Gasteiger partial charge is 0.270 e. The molecule has 0 N–H and O–H groups in total. The molecule has 8 heteroatoms. The van der Waals surface area contributed by atoms with Crippen LogP contribution in [-0.4, -0.2) is 39.6 Å². The lowest BCUT2D eigenvalue weighted by Gasteiger charge is -2.48. The average Bonchev–Trinajstić information content (AvgIpc) is 2.82. The molecule has 1 saturated heterocycles. The van der Waals surface area contributed by atoms with Gasteiger partial charge in [-0.15, -0.1) is 4.98 Å². The van der Waals surface area contributed by atoms with E-state index >= 15 is 0 Å². The molecule has 0 amide bonds. The quantitative estimate of drug-likeness (QED) is 0.534. The summed E-state index contributed by atoms with van der Waals surface area (Å²) in [7, 11) is 1.70. The molecule has 0 saturated carbocycles. The van der Waals surface area contributed by atoms with E-state index in [0.717, 1.165) is 17.7 Å². The Hall–Kier alpha value is -3.31. The number of aromatic nitrogens is 2. The van der Waals surface area contributed by atoms with Crippen molar-refractivity contribution in [3.8, 4) is 0 Å². The molecule has 1 aromatic carbocycles. The number of benzene rings is 1. The summed E-state index contributed by atoms with van der Waals surface area (Å²) >= 11 is 0. The molecule has 0 bridgehead atoms. The summed E-state index contributed by atoms with van der Waals surface area (Å²) in [5, 5.41) is 0. The van der Waals surface area contributed by atoms with Gasteiger partial charge in [0, 0.05) is 44.3 Å². The van der Waals surface area contributed by atoms with Crippen LogP contribution in [0.3, 0.4) is 0 Å². The fraction of sp³-hybridized carbons (Fsp3) is 0.400. The van der Waals surface area contributed by atoms with Gasteiger partial charge in [-0.25, -0.2) is 8.78 Å². The van der Waals surface area contributed by atoms with Gasteiger partial charge in [-0.2, -0.15) is 0 Å². The lowest BCUT2D eigenvalue weighted by Crippen LogP contribution is -2.58. The molecule has 33 heavy (non-hydrogen) atoms. The van der Waals surface area contributed by atoms with E-state index in [9.17, 15) is 13.6 Å². The minimum absolute atomic E-state index is 0.0363. The Morgan fingerprint density at radius 2 is 1.94 bits per heavy atom. The van der Waals surface area contributed by atoms with Crippen LogP contribution < -0.4 is 10.5 Å². The third-order valence-corrected chi connectivity index (χ3v) is 6.76. The summed E-state index contributed by atoms with van der Waals surface area (Å²) in [5.41, 5.74) is 2.64. The molecular weight excluding hydrogens is 424 g/mol. The predicted octanol–water partition coefficient (Wildman–Crippen LogP) is 4.81. The summed E-state index contributed by atoms with van der Waals surface area (Å²) in [6.07, 6.45) is 0.848. The van der Waals surface area contributed by atoms with Gasteiger partial charge in [-0.3, -0.25) is 9.69 Å². The van der Waals surface area contributed by atoms with Crippen LogP contribution in [0.4, 0.5) is 20.3 Å². The highest BCUT2D eigenvalue weighted by molar-refractivity contribution is 5.89. The van der Waals surface area contributed by atoms with Crippen LogP contribution in [0.15, 0.2) is 41.2 Å². The zero-order chi connectivity index (χ0) is 23.9. The van der Waals surface area contributed by atoms with E-state index in [4.69, 9.17) is 6.57 Å². The van der Waals surface area contributed by atoms with E-state index in [1.165, 1.54) is 12.1 Å². The number of nitrogens with zero attached hydrogens (tertiary/aromatic N) is 5. The van der Waals surface area contributed by atoms with Gasteiger partial charge in [0.2, 0.25) is 5.52 Å². The predicted molar refractivity (Wildman–Crippen MR) is 126 cm³/mol. The molecule has 0 radical (unpaired) electrons. The molecule has 6 nitrogen and oxygen atoms in total. The number of hydrogen-bond acceptors (Lipinski definition) is 4. The lowest BCUT2D eigenvalue weighted by atomic mass is 9.98. The van der Waals surface area contributed by atoms with Crippen LogP contribution in [0.25, 0.3) is 15.9 Å². The molecule has 1 unspecified atom stereocenters. The third kappa shape index (κ3) is 4.09. The van der Waals surface area contributed by atoms with E-state index in [0.29, 0.717) is 24.1 Å². The van der Waals surface area contributed by atoms with Gasteiger partial charge in [0.25, 0.3) is 11.4 Å². The Balaban J connectivity index is 1.72. The number of halogens is 2. The van der Waals surface area contributed by atoms with Gasteiger partial charge in [-0.05, 0) is 50.1 Å². The monoisotopic (exact) mass is 451 g/mol. The SMILES string of the molecule is [C-]#[N+]c1ccc2c(n1)c(N1C[C@@H](CC)N(C(C)c3ccc(F)c(F)c3)C[C@@H]1C)cc(=O)n2C. The largest absolute Gasteiger partial charge is 0.362 e. The second-order valence-electron chi connectivity index (χ2n) is 8.69. The van der Waals surface area contributed by atoms with Crippen molar-refractivity contribution in [2.75, 3.05) is 18.0 Å². The zero-order valence-electron chi connectivity index (χ0n) is 19.2. The molecule has 4 rings (SSSR count). The number of fused-ring (bicyclic) bond motifs is 1. The van der Waals surface area contributed by atoms with E-state index in [1.54, 1.807) is 35.9 Å². The minimum Gasteiger partial charge on any atom is -0.362 e. The Kier molecular flexibility index (Phi) is 6.17. The number of rotatable bonds is 4. The van der Waals surface area contributed by atoms with E-state index in [-0.39, 0.29) is 29.5 Å². The molecule has 1 aliphatic rings. The first kappa shape index (κ1) is 22.9. The van der Waals surface area contributed by atoms with Crippen molar-refractivity contribution in [3.63, 3.8) is 0 Å². The number of anilines is 1. The fourth-order valence-electron chi connectivity index (χ4n) is 4.78. The van der Waals surface area contributed by atoms with Crippen molar-refractivity contribution < 1.29 is 8.78 Å². The molecule has 3 heterocycles. The van der Waals surface area contributed by atoms with Crippen molar-refractivity contribution in [2.45, 2.75) is 45.3 Å². The van der Waals surface area contributed by atoms with Crippen molar-refractivity contribution in [2.24, 2.45) is 7.05 Å². The Morgan fingerprint density at radius 3 is 2.61 bits per heavy atom. The maximum absolute atomic E-state index is 13.9. The first-order valence-electron chi connectivity index (χ1n) is 11.1. The van der Waals surface area contributed by atoms with Crippen molar-refractivity contribution >= 4 is 22.5 Å². The van der Waals surface area contributed by atoms with Gasteiger partial charge < -0.3 is 14.3 Å². The molecule has 172 valence electrons. The van der Waals surface area contributed by atoms with Crippen molar-refractivity contribution in [1.82, 2.24) is 14.5 Å². The highest BCUT2D eigenvalue weighted by Gasteiger charge is 2.35. The van der Waals surface area contributed by atoms with Crippen molar-refractivity contribution in [3.05, 3.63) is 75.4 Å². The first-order chi connectivity index (χ1) is 15.7. The molecule has 1 aliphatic heterocycles.